The summed E-state index contributed by atoms with van der Waals surface area (Å²) in [7, 11) is 1.98. The number of β-amino-alcohol motifs (C(OH)–C–C–N with tert-alkyl or cyclic N) is 1. The van der Waals surface area contributed by atoms with Crippen molar-refractivity contribution < 1.29 is 33.8 Å². The molecule has 4 N–H and O–H groups in total. The summed E-state index contributed by atoms with van der Waals surface area (Å²) in [5.41, 5.74) is 5.39. The number of aliphatic hydroxyl groups excluding tert-OH is 1. The number of carbonyl (C=O) groups is 5. The molecule has 63 heavy (non-hydrogen) atoms. The Morgan fingerprint density at radius 2 is 1.68 bits per heavy atom. The van der Waals surface area contributed by atoms with Crippen molar-refractivity contribution in [3.63, 3.8) is 0 Å². The largest absolute Gasteiger partial charge is 0.484 e. The Hall–Kier alpha value is -6.08. The van der Waals surface area contributed by atoms with Crippen molar-refractivity contribution in [2.75, 3.05) is 51.7 Å². The summed E-state index contributed by atoms with van der Waals surface area (Å²) >= 11 is 2.78. The topological polar surface area (TPSA) is 199 Å². The normalized spacial score (nSPS) is 17.2. The first-order chi connectivity index (χ1) is 30.1. The van der Waals surface area contributed by atoms with Crippen molar-refractivity contribution >= 4 is 57.3 Å². The number of aromatic nitrogens is 3. The molecular formula is C45H51N9O7S2. The number of benzene rings is 2. The Bertz CT molecular complexity index is 2440. The maximum absolute atomic E-state index is 14.2. The van der Waals surface area contributed by atoms with E-state index in [2.05, 4.69) is 35.8 Å². The van der Waals surface area contributed by atoms with Gasteiger partial charge in [-0.25, -0.2) is 9.97 Å². The number of thiazole rings is 2. The standard InChI is InChI=1S/C45H51N9O7S2/c1-27-38(63-26-48-27)29-11-9-28(10-12-29)22-47-41(58)36-21-32(55)23-54(36)43(60)39(45(2,3)4)50-37(56)24-61-33-19-30(18-31(20-33)42(59)53-16-14-52(5)15-17-53)40(57)51-44-49-35(25-62-44)34-8-6-7-13-46-34/h6-13,18-20,25-26,32,36,39,55H,14-17,21-24H2,1-5H3,(H,47,58)(H,50,56)(H,49,51,57)/t32-,36+,39-/m1/s1. The van der Waals surface area contributed by atoms with Gasteiger partial charge >= 0.3 is 0 Å². The number of likely N-dealkylation sites (tertiary alicyclic amines) is 1. The molecule has 2 aromatic carbocycles. The first-order valence-corrected chi connectivity index (χ1v) is 22.4. The van der Waals surface area contributed by atoms with Gasteiger partial charge < -0.3 is 35.2 Å². The molecule has 5 heterocycles. The van der Waals surface area contributed by atoms with Crippen molar-refractivity contribution in [3.8, 4) is 27.6 Å². The number of anilines is 1. The first kappa shape index (κ1) is 45.0. The van der Waals surface area contributed by atoms with Gasteiger partial charge in [-0.1, -0.05) is 51.1 Å². The molecule has 0 aliphatic carbocycles. The predicted octanol–water partition coefficient (Wildman–Crippen LogP) is 4.46. The molecule has 330 valence electrons. The summed E-state index contributed by atoms with van der Waals surface area (Å²) in [6.07, 6.45) is 0.766. The number of carbonyl (C=O) groups excluding carboxylic acids is 5. The smallest absolute Gasteiger partial charge is 0.258 e. The Balaban J connectivity index is 1.02. The minimum Gasteiger partial charge on any atom is -0.484 e. The fourth-order valence-electron chi connectivity index (χ4n) is 7.39. The SMILES string of the molecule is Cc1ncsc1-c1ccc(CNC(=O)[C@@H]2C[C@@H](O)CN2C(=O)[C@@H](NC(=O)COc2cc(C(=O)Nc3nc(-c4ccccn4)cs3)cc(C(=O)N3CCN(C)CC3)c2)C(C)(C)C)cc1. The van der Waals surface area contributed by atoms with Gasteiger partial charge in [-0.3, -0.25) is 34.3 Å². The number of amides is 5. The number of hydrogen-bond acceptors (Lipinski definition) is 13. The van der Waals surface area contributed by atoms with Gasteiger partial charge in [0.1, 0.15) is 23.5 Å². The van der Waals surface area contributed by atoms with Gasteiger partial charge in [0.15, 0.2) is 11.7 Å². The second-order valence-corrected chi connectivity index (χ2v) is 18.5. The van der Waals surface area contributed by atoms with Gasteiger partial charge in [-0.15, -0.1) is 22.7 Å². The van der Waals surface area contributed by atoms with Crippen LogP contribution in [-0.4, -0.2) is 129 Å². The summed E-state index contributed by atoms with van der Waals surface area (Å²) in [6.45, 7) is 9.28. The monoisotopic (exact) mass is 893 g/mol. The van der Waals surface area contributed by atoms with E-state index >= 15 is 0 Å². The molecule has 5 aromatic rings. The van der Waals surface area contributed by atoms with Crippen LogP contribution < -0.4 is 20.7 Å². The van der Waals surface area contributed by atoms with Gasteiger partial charge in [0, 0.05) is 68.4 Å². The molecule has 0 saturated carbocycles. The van der Waals surface area contributed by atoms with E-state index in [-0.39, 0.29) is 42.3 Å². The Morgan fingerprint density at radius 3 is 2.37 bits per heavy atom. The van der Waals surface area contributed by atoms with Crippen molar-refractivity contribution in [2.45, 2.75) is 58.8 Å². The number of aliphatic hydroxyl groups is 1. The van der Waals surface area contributed by atoms with Crippen LogP contribution >= 0.6 is 22.7 Å². The van der Waals surface area contributed by atoms with Crippen LogP contribution in [0, 0.1) is 12.3 Å². The zero-order valence-electron chi connectivity index (χ0n) is 35.8. The van der Waals surface area contributed by atoms with Crippen LogP contribution in [0.2, 0.25) is 0 Å². The molecule has 16 nitrogen and oxygen atoms in total. The lowest BCUT2D eigenvalue weighted by atomic mass is 9.85. The Kier molecular flexibility index (Phi) is 13.9. The molecule has 3 aromatic heterocycles. The van der Waals surface area contributed by atoms with Crippen molar-refractivity contribution in [1.82, 2.24) is 40.3 Å². The number of piperazine rings is 1. The average Bonchev–Trinajstić information content (AvgIpc) is 4.03. The first-order valence-electron chi connectivity index (χ1n) is 20.6. The van der Waals surface area contributed by atoms with Crippen molar-refractivity contribution in [1.29, 1.82) is 0 Å². The molecule has 2 aliphatic rings. The number of rotatable bonds is 13. The number of nitrogens with zero attached hydrogens (tertiary/aromatic N) is 6. The van der Waals surface area contributed by atoms with Gasteiger partial charge in [0.2, 0.25) is 11.8 Å². The molecule has 18 heteroatoms. The minimum atomic E-state index is -1.10. The van der Waals surface area contributed by atoms with Crippen LogP contribution in [0.1, 0.15) is 59.2 Å². The van der Waals surface area contributed by atoms with Crippen LogP contribution in [0.5, 0.6) is 5.75 Å². The number of nitrogens with one attached hydrogen (secondary N) is 3. The highest BCUT2D eigenvalue weighted by atomic mass is 32.1. The zero-order valence-corrected chi connectivity index (χ0v) is 37.4. The minimum absolute atomic E-state index is 0.0438. The lowest BCUT2D eigenvalue weighted by Gasteiger charge is -2.35. The zero-order chi connectivity index (χ0) is 44.8. The number of hydrogen-bond donors (Lipinski definition) is 4. The summed E-state index contributed by atoms with van der Waals surface area (Å²) in [5, 5.41) is 21.3. The van der Waals surface area contributed by atoms with E-state index in [1.807, 2.05) is 50.4 Å². The third kappa shape index (κ3) is 11.1. The second-order valence-electron chi connectivity index (χ2n) is 16.8. The third-order valence-corrected chi connectivity index (χ3v) is 12.7. The molecule has 0 radical (unpaired) electrons. The number of aryl methyl sites for hydroxylation is 1. The molecule has 2 fully saturated rings. The maximum atomic E-state index is 14.2. The van der Waals surface area contributed by atoms with Gasteiger partial charge in [0.05, 0.1) is 27.9 Å². The molecule has 3 atom stereocenters. The van der Waals surface area contributed by atoms with Gasteiger partial charge in [-0.05, 0) is 60.8 Å². The Morgan fingerprint density at radius 1 is 0.937 bits per heavy atom. The Labute approximate surface area is 373 Å². The van der Waals surface area contributed by atoms with Crippen LogP contribution in [0.25, 0.3) is 21.8 Å². The van der Waals surface area contributed by atoms with E-state index in [0.717, 1.165) is 21.7 Å². The summed E-state index contributed by atoms with van der Waals surface area (Å²) in [6, 6.07) is 15.6. The molecular weight excluding hydrogens is 843 g/mol. The van der Waals surface area contributed by atoms with Crippen LogP contribution in [0.4, 0.5) is 5.13 Å². The quantitative estimate of drug-likeness (QED) is 0.130. The highest BCUT2D eigenvalue weighted by Gasteiger charge is 2.44. The van der Waals surface area contributed by atoms with Crippen LogP contribution in [-0.2, 0) is 20.9 Å². The van der Waals surface area contributed by atoms with Crippen LogP contribution in [0.3, 0.4) is 0 Å². The summed E-state index contributed by atoms with van der Waals surface area (Å²) < 4.78 is 5.95. The van der Waals surface area contributed by atoms with Gasteiger partial charge in [-0.2, -0.15) is 0 Å². The lowest BCUT2D eigenvalue weighted by Crippen LogP contribution is -2.58. The number of likely N-dealkylation sites (N-methyl/N-ethyl adjacent to an activating group) is 1. The van der Waals surface area contributed by atoms with E-state index in [4.69, 9.17) is 4.74 Å². The molecule has 7 rings (SSSR count). The molecule has 2 aliphatic heterocycles. The average molecular weight is 894 g/mol. The van der Waals surface area contributed by atoms with E-state index in [1.54, 1.807) is 60.2 Å². The van der Waals surface area contributed by atoms with Crippen molar-refractivity contribution in [2.24, 2.45) is 5.41 Å². The molecule has 2 saturated heterocycles. The van der Waals surface area contributed by atoms with E-state index in [9.17, 15) is 29.1 Å². The molecule has 5 amide bonds. The van der Waals surface area contributed by atoms with E-state index in [1.165, 1.54) is 34.4 Å². The highest BCUT2D eigenvalue weighted by molar-refractivity contribution is 7.14. The fraction of sp³-hybridized carbons (Fsp3) is 0.378. The maximum Gasteiger partial charge on any atom is 0.258 e. The second kappa shape index (κ2) is 19.5. The van der Waals surface area contributed by atoms with Crippen LogP contribution in [0.15, 0.2) is 77.8 Å². The number of pyridine rings is 1. The summed E-state index contributed by atoms with van der Waals surface area (Å²) in [4.78, 5) is 88.2. The van der Waals surface area contributed by atoms with Gasteiger partial charge in [0.25, 0.3) is 17.7 Å². The predicted molar refractivity (Wildman–Crippen MR) is 240 cm³/mol. The highest BCUT2D eigenvalue weighted by Crippen LogP contribution is 2.29. The van der Waals surface area contributed by atoms with E-state index < -0.39 is 53.8 Å². The fourth-order valence-corrected chi connectivity index (χ4v) is 8.90. The number of ether oxygens (including phenoxy) is 1. The van der Waals surface area contributed by atoms with Crippen molar-refractivity contribution in [3.05, 3.63) is 100 Å². The summed E-state index contributed by atoms with van der Waals surface area (Å²) in [5.74, 6) is -2.32. The van der Waals surface area contributed by atoms with E-state index in [0.29, 0.717) is 42.7 Å². The molecule has 0 spiro atoms. The lowest BCUT2D eigenvalue weighted by molar-refractivity contribution is -0.144. The molecule has 0 bridgehead atoms. The molecule has 0 unspecified atom stereocenters. The third-order valence-electron chi connectivity index (χ3n) is 10.9.